The normalized spacial score (nSPS) is 12.0. The van der Waals surface area contributed by atoms with Crippen molar-refractivity contribution in [2.75, 3.05) is 0 Å². The van der Waals surface area contributed by atoms with Gasteiger partial charge in [0.2, 0.25) is 11.8 Å². The van der Waals surface area contributed by atoms with Gasteiger partial charge < -0.3 is 9.73 Å². The van der Waals surface area contributed by atoms with Crippen molar-refractivity contribution in [3.8, 4) is 11.5 Å². The number of carbonyl (C=O) groups is 2. The summed E-state index contributed by atoms with van der Waals surface area (Å²) in [4.78, 5) is 23.5. The number of aromatic nitrogens is 2. The number of hydrogen-bond acceptors (Lipinski definition) is 6. The molecule has 128 valence electrons. The molecule has 0 fully saturated rings. The number of thioether (sulfide) groups is 1. The largest absolute Gasteiger partial charge is 0.411 e. The summed E-state index contributed by atoms with van der Waals surface area (Å²) in [6.07, 6.45) is 0. The van der Waals surface area contributed by atoms with Crippen LogP contribution in [0.15, 0.2) is 33.9 Å². The third kappa shape index (κ3) is 5.09. The molecule has 2 aromatic rings. The third-order valence-corrected chi connectivity index (χ3v) is 3.94. The van der Waals surface area contributed by atoms with Crippen LogP contribution in [0.25, 0.3) is 11.5 Å². The zero-order chi connectivity index (χ0) is 17.7. The molecule has 0 spiro atoms. The lowest BCUT2D eigenvalue weighted by atomic mass is 10.1. The van der Waals surface area contributed by atoms with Crippen LogP contribution < -0.4 is 10.6 Å². The summed E-state index contributed by atoms with van der Waals surface area (Å²) in [7, 11) is 0. The van der Waals surface area contributed by atoms with E-state index < -0.39 is 17.2 Å². The molecule has 1 atom stereocenters. The van der Waals surface area contributed by atoms with Crippen LogP contribution >= 0.6 is 11.8 Å². The van der Waals surface area contributed by atoms with E-state index in [1.54, 1.807) is 6.92 Å². The van der Waals surface area contributed by atoms with Gasteiger partial charge >= 0.3 is 6.03 Å². The second kappa shape index (κ2) is 7.96. The lowest BCUT2D eigenvalue weighted by Gasteiger charge is -2.11. The predicted molar refractivity (Wildman–Crippen MR) is 91.6 cm³/mol. The maximum Gasteiger partial charge on any atom is 0.321 e. The van der Waals surface area contributed by atoms with E-state index in [2.05, 4.69) is 20.8 Å². The first-order valence-corrected chi connectivity index (χ1v) is 8.41. The molecule has 2 N–H and O–H groups in total. The SMILES string of the molecule is Cc1ccc(-c2nnc(S[C@@H](C)C(=O)NC(=O)NC(C)C)o2)cc1. The molecule has 0 saturated carbocycles. The molecule has 3 amide bonds. The van der Waals surface area contributed by atoms with Crippen molar-refractivity contribution in [2.45, 2.75) is 44.2 Å². The van der Waals surface area contributed by atoms with Crippen molar-refractivity contribution in [3.05, 3.63) is 29.8 Å². The van der Waals surface area contributed by atoms with Gasteiger partial charge in [-0.3, -0.25) is 10.1 Å². The van der Waals surface area contributed by atoms with Crippen LogP contribution in [0.3, 0.4) is 0 Å². The number of amides is 3. The van der Waals surface area contributed by atoms with E-state index in [0.29, 0.717) is 5.89 Å². The van der Waals surface area contributed by atoms with Crippen LogP contribution in [0.1, 0.15) is 26.3 Å². The van der Waals surface area contributed by atoms with Gasteiger partial charge in [0.05, 0.1) is 5.25 Å². The molecular formula is C16H20N4O3S. The molecule has 0 aliphatic heterocycles. The monoisotopic (exact) mass is 348 g/mol. The van der Waals surface area contributed by atoms with E-state index in [-0.39, 0.29) is 11.3 Å². The fraction of sp³-hybridized carbons (Fsp3) is 0.375. The molecule has 0 aliphatic carbocycles. The average molecular weight is 348 g/mol. The molecule has 0 saturated heterocycles. The van der Waals surface area contributed by atoms with Crippen LogP contribution in [0.5, 0.6) is 0 Å². The Labute approximate surface area is 144 Å². The fourth-order valence-corrected chi connectivity index (χ4v) is 2.47. The highest BCUT2D eigenvalue weighted by Crippen LogP contribution is 2.26. The van der Waals surface area contributed by atoms with Crippen molar-refractivity contribution < 1.29 is 14.0 Å². The maximum atomic E-state index is 12.0. The Morgan fingerprint density at radius 2 is 1.79 bits per heavy atom. The standard InChI is InChI=1S/C16H20N4O3S/c1-9(2)17-15(22)18-13(21)11(4)24-16-20-19-14(23-16)12-7-5-10(3)6-8-12/h5-9,11H,1-4H3,(H2,17,18,21,22)/t11-/m0/s1. The molecular weight excluding hydrogens is 328 g/mol. The number of benzene rings is 1. The number of aryl methyl sites for hydroxylation is 1. The molecule has 7 nitrogen and oxygen atoms in total. The highest BCUT2D eigenvalue weighted by molar-refractivity contribution is 8.00. The summed E-state index contributed by atoms with van der Waals surface area (Å²) >= 11 is 1.10. The van der Waals surface area contributed by atoms with Crippen LogP contribution in [0, 0.1) is 6.92 Å². The number of carbonyl (C=O) groups excluding carboxylic acids is 2. The number of urea groups is 1. The second-order valence-electron chi connectivity index (χ2n) is 5.62. The van der Waals surface area contributed by atoms with E-state index in [0.717, 1.165) is 22.9 Å². The van der Waals surface area contributed by atoms with E-state index in [1.165, 1.54) is 0 Å². The van der Waals surface area contributed by atoms with Crippen LogP contribution in [0.4, 0.5) is 4.79 Å². The number of nitrogens with one attached hydrogen (secondary N) is 2. The lowest BCUT2D eigenvalue weighted by Crippen LogP contribution is -2.45. The molecule has 8 heteroatoms. The number of rotatable bonds is 5. The highest BCUT2D eigenvalue weighted by atomic mass is 32.2. The Kier molecular flexibility index (Phi) is 5.97. The molecule has 0 aliphatic rings. The van der Waals surface area contributed by atoms with E-state index in [9.17, 15) is 9.59 Å². The zero-order valence-corrected chi connectivity index (χ0v) is 14.8. The first kappa shape index (κ1) is 18.0. The Hall–Kier alpha value is -2.35. The van der Waals surface area contributed by atoms with E-state index in [4.69, 9.17) is 4.42 Å². The van der Waals surface area contributed by atoms with Crippen molar-refractivity contribution in [3.63, 3.8) is 0 Å². The Morgan fingerprint density at radius 1 is 1.12 bits per heavy atom. The first-order chi connectivity index (χ1) is 11.3. The lowest BCUT2D eigenvalue weighted by molar-refractivity contribution is -0.119. The van der Waals surface area contributed by atoms with Crippen LogP contribution in [0.2, 0.25) is 0 Å². The van der Waals surface area contributed by atoms with Gasteiger partial charge in [0, 0.05) is 11.6 Å². The van der Waals surface area contributed by atoms with Gasteiger partial charge in [0.25, 0.3) is 5.22 Å². The smallest absolute Gasteiger partial charge is 0.321 e. The summed E-state index contributed by atoms with van der Waals surface area (Å²) in [6, 6.07) is 7.13. The van der Waals surface area contributed by atoms with Gasteiger partial charge in [-0.25, -0.2) is 4.79 Å². The minimum atomic E-state index is -0.547. The third-order valence-electron chi connectivity index (χ3n) is 3.01. The van der Waals surface area contributed by atoms with Crippen molar-refractivity contribution in [2.24, 2.45) is 0 Å². The highest BCUT2D eigenvalue weighted by Gasteiger charge is 2.20. The summed E-state index contributed by atoms with van der Waals surface area (Å²) in [5.41, 5.74) is 1.95. The van der Waals surface area contributed by atoms with Crippen molar-refractivity contribution in [1.29, 1.82) is 0 Å². The van der Waals surface area contributed by atoms with Gasteiger partial charge in [-0.15, -0.1) is 10.2 Å². The summed E-state index contributed by atoms with van der Waals surface area (Å²) in [6.45, 7) is 7.29. The van der Waals surface area contributed by atoms with Gasteiger partial charge in [-0.05, 0) is 39.8 Å². The molecule has 1 aromatic carbocycles. The summed E-state index contributed by atoms with van der Waals surface area (Å²) in [5, 5.41) is 12.5. The van der Waals surface area contributed by atoms with Gasteiger partial charge in [-0.1, -0.05) is 29.5 Å². The minimum absolute atomic E-state index is 0.0474. The van der Waals surface area contributed by atoms with Crippen LogP contribution in [-0.2, 0) is 4.79 Å². The average Bonchev–Trinajstić information content (AvgIpc) is 2.95. The Morgan fingerprint density at radius 3 is 2.42 bits per heavy atom. The molecule has 2 rings (SSSR count). The zero-order valence-electron chi connectivity index (χ0n) is 14.0. The van der Waals surface area contributed by atoms with Gasteiger partial charge in [-0.2, -0.15) is 0 Å². The van der Waals surface area contributed by atoms with Crippen molar-refractivity contribution >= 4 is 23.7 Å². The molecule has 1 heterocycles. The quantitative estimate of drug-likeness (QED) is 0.807. The molecule has 24 heavy (non-hydrogen) atoms. The maximum absolute atomic E-state index is 12.0. The predicted octanol–water partition coefficient (Wildman–Crippen LogP) is 2.76. The Bertz CT molecular complexity index is 712. The first-order valence-electron chi connectivity index (χ1n) is 7.53. The Balaban J connectivity index is 1.95. The topological polar surface area (TPSA) is 97.1 Å². The molecule has 0 radical (unpaired) electrons. The minimum Gasteiger partial charge on any atom is -0.411 e. The second-order valence-corrected chi connectivity index (χ2v) is 6.91. The van der Waals surface area contributed by atoms with Gasteiger partial charge in [0.15, 0.2) is 0 Å². The fourth-order valence-electron chi connectivity index (χ4n) is 1.79. The van der Waals surface area contributed by atoms with Crippen molar-refractivity contribution in [1.82, 2.24) is 20.8 Å². The van der Waals surface area contributed by atoms with E-state index in [1.807, 2.05) is 45.0 Å². The molecule has 1 aromatic heterocycles. The molecule has 0 unspecified atom stereocenters. The number of nitrogens with zero attached hydrogens (tertiary/aromatic N) is 2. The summed E-state index contributed by atoms with van der Waals surface area (Å²) in [5.74, 6) is -0.0316. The molecule has 0 bridgehead atoms. The number of hydrogen-bond donors (Lipinski definition) is 2. The van der Waals surface area contributed by atoms with E-state index >= 15 is 0 Å². The summed E-state index contributed by atoms with van der Waals surface area (Å²) < 4.78 is 5.56. The van der Waals surface area contributed by atoms with Gasteiger partial charge in [0.1, 0.15) is 0 Å². The van der Waals surface area contributed by atoms with Crippen LogP contribution in [-0.4, -0.2) is 33.4 Å². The number of imide groups is 1.